The van der Waals surface area contributed by atoms with Gasteiger partial charge in [-0.1, -0.05) is 13.0 Å². The molecule has 0 aromatic carbocycles. The minimum atomic E-state index is 0.620. The smallest absolute Gasteiger partial charge is 0.00953 e. The van der Waals surface area contributed by atoms with Gasteiger partial charge in [0.1, 0.15) is 0 Å². The highest BCUT2D eigenvalue weighted by atomic mass is 32.1. The third-order valence-electron chi connectivity index (χ3n) is 3.22. The Morgan fingerprint density at radius 3 is 2.87 bits per heavy atom. The predicted molar refractivity (Wildman–Crippen MR) is 67.4 cm³/mol. The molecule has 0 amide bonds. The van der Waals surface area contributed by atoms with Gasteiger partial charge in [-0.25, -0.2) is 0 Å². The summed E-state index contributed by atoms with van der Waals surface area (Å²) in [5, 5.41) is 5.94. The molecular weight excluding hydrogens is 202 g/mol. The maximum absolute atomic E-state index is 3.77. The standard InChI is InChI=1S/C13H21NS/c1-3-13(11-6-7-11)14-10(2)9-12-5-4-8-15-12/h4-5,8,10-11,13-14H,3,6-7,9H2,1-2H3. The van der Waals surface area contributed by atoms with E-state index < -0.39 is 0 Å². The van der Waals surface area contributed by atoms with E-state index in [0.29, 0.717) is 6.04 Å². The van der Waals surface area contributed by atoms with Gasteiger partial charge in [-0.05, 0) is 50.0 Å². The Hall–Kier alpha value is -0.340. The Morgan fingerprint density at radius 1 is 1.53 bits per heavy atom. The second-order valence-corrected chi connectivity index (χ2v) is 5.74. The molecule has 84 valence electrons. The van der Waals surface area contributed by atoms with Crippen molar-refractivity contribution >= 4 is 11.3 Å². The van der Waals surface area contributed by atoms with Gasteiger partial charge in [0.15, 0.2) is 0 Å². The second kappa shape index (κ2) is 5.13. The van der Waals surface area contributed by atoms with Gasteiger partial charge >= 0.3 is 0 Å². The average molecular weight is 223 g/mol. The first kappa shape index (κ1) is 11.2. The highest BCUT2D eigenvalue weighted by Crippen LogP contribution is 2.34. The molecule has 2 atom stereocenters. The molecule has 1 N–H and O–H groups in total. The zero-order valence-corrected chi connectivity index (χ0v) is 10.5. The lowest BCUT2D eigenvalue weighted by molar-refractivity contribution is 0.398. The van der Waals surface area contributed by atoms with Crippen LogP contribution in [0, 0.1) is 5.92 Å². The van der Waals surface area contributed by atoms with Crippen LogP contribution in [-0.4, -0.2) is 12.1 Å². The van der Waals surface area contributed by atoms with E-state index in [1.165, 1.54) is 30.6 Å². The first-order valence-corrected chi connectivity index (χ1v) is 6.96. The van der Waals surface area contributed by atoms with Crippen LogP contribution >= 0.6 is 11.3 Å². The van der Waals surface area contributed by atoms with Crippen molar-refractivity contribution in [2.75, 3.05) is 0 Å². The van der Waals surface area contributed by atoms with Crippen LogP contribution in [0.25, 0.3) is 0 Å². The molecule has 2 rings (SSSR count). The Balaban J connectivity index is 1.78. The molecule has 1 aromatic rings. The zero-order valence-electron chi connectivity index (χ0n) is 9.70. The summed E-state index contributed by atoms with van der Waals surface area (Å²) in [5.74, 6) is 0.973. The Kier molecular flexibility index (Phi) is 3.81. The van der Waals surface area contributed by atoms with Crippen LogP contribution in [0.5, 0.6) is 0 Å². The second-order valence-electron chi connectivity index (χ2n) is 4.70. The summed E-state index contributed by atoms with van der Waals surface area (Å²) >= 11 is 1.87. The number of nitrogens with one attached hydrogen (secondary N) is 1. The van der Waals surface area contributed by atoms with Crippen LogP contribution in [-0.2, 0) is 6.42 Å². The zero-order chi connectivity index (χ0) is 10.7. The lowest BCUT2D eigenvalue weighted by atomic mass is 10.1. The van der Waals surface area contributed by atoms with E-state index in [1.807, 2.05) is 11.3 Å². The molecule has 1 heterocycles. The first-order chi connectivity index (χ1) is 7.29. The van der Waals surface area contributed by atoms with Gasteiger partial charge in [0.05, 0.1) is 0 Å². The third kappa shape index (κ3) is 3.32. The molecule has 0 bridgehead atoms. The molecule has 2 heteroatoms. The highest BCUT2D eigenvalue weighted by Gasteiger charge is 2.30. The summed E-state index contributed by atoms with van der Waals surface area (Å²) in [6.07, 6.45) is 5.34. The Morgan fingerprint density at radius 2 is 2.33 bits per heavy atom. The number of thiophene rings is 1. The lowest BCUT2D eigenvalue weighted by Crippen LogP contribution is -2.38. The summed E-state index contributed by atoms with van der Waals surface area (Å²) in [6.45, 7) is 4.61. The molecular formula is C13H21NS. The fraction of sp³-hybridized carbons (Fsp3) is 0.692. The van der Waals surface area contributed by atoms with E-state index in [-0.39, 0.29) is 0 Å². The van der Waals surface area contributed by atoms with Crippen LogP contribution < -0.4 is 5.32 Å². The normalized spacial score (nSPS) is 20.1. The van der Waals surface area contributed by atoms with Crippen LogP contribution in [0.4, 0.5) is 0 Å². The lowest BCUT2D eigenvalue weighted by Gasteiger charge is -2.21. The minimum Gasteiger partial charge on any atom is -0.311 e. The summed E-state index contributed by atoms with van der Waals surface area (Å²) in [6, 6.07) is 5.76. The van der Waals surface area contributed by atoms with Crippen molar-refractivity contribution in [2.45, 2.75) is 51.6 Å². The van der Waals surface area contributed by atoms with Crippen LogP contribution in [0.3, 0.4) is 0 Å². The topological polar surface area (TPSA) is 12.0 Å². The van der Waals surface area contributed by atoms with E-state index in [1.54, 1.807) is 0 Å². The van der Waals surface area contributed by atoms with Crippen LogP contribution in [0.1, 0.15) is 38.0 Å². The third-order valence-corrected chi connectivity index (χ3v) is 4.12. The first-order valence-electron chi connectivity index (χ1n) is 6.08. The van der Waals surface area contributed by atoms with Crippen molar-refractivity contribution in [3.63, 3.8) is 0 Å². The summed E-state index contributed by atoms with van der Waals surface area (Å²) in [4.78, 5) is 1.50. The molecule has 0 saturated heterocycles. The Labute approximate surface area is 96.9 Å². The summed E-state index contributed by atoms with van der Waals surface area (Å²) < 4.78 is 0. The van der Waals surface area contributed by atoms with Crippen molar-refractivity contribution in [2.24, 2.45) is 5.92 Å². The maximum atomic E-state index is 3.77. The van der Waals surface area contributed by atoms with Crippen molar-refractivity contribution < 1.29 is 0 Å². The molecule has 1 aliphatic rings. The molecule has 1 aromatic heterocycles. The minimum absolute atomic E-state index is 0.620. The fourth-order valence-corrected chi connectivity index (χ4v) is 3.08. The van der Waals surface area contributed by atoms with Gasteiger partial charge in [0, 0.05) is 17.0 Å². The molecule has 0 radical (unpaired) electrons. The van der Waals surface area contributed by atoms with E-state index in [9.17, 15) is 0 Å². The molecule has 0 aliphatic heterocycles. The monoisotopic (exact) mass is 223 g/mol. The van der Waals surface area contributed by atoms with E-state index >= 15 is 0 Å². The highest BCUT2D eigenvalue weighted by molar-refractivity contribution is 7.09. The fourth-order valence-electron chi connectivity index (χ4n) is 2.24. The van der Waals surface area contributed by atoms with Gasteiger partial charge in [-0.2, -0.15) is 0 Å². The van der Waals surface area contributed by atoms with Gasteiger partial charge in [0.2, 0.25) is 0 Å². The van der Waals surface area contributed by atoms with Crippen LogP contribution in [0.15, 0.2) is 17.5 Å². The Bertz CT molecular complexity index is 277. The van der Waals surface area contributed by atoms with E-state index in [4.69, 9.17) is 0 Å². The predicted octanol–water partition coefficient (Wildman–Crippen LogP) is 3.46. The van der Waals surface area contributed by atoms with Crippen molar-refractivity contribution in [3.05, 3.63) is 22.4 Å². The van der Waals surface area contributed by atoms with Crippen LogP contribution in [0.2, 0.25) is 0 Å². The molecule has 1 nitrogen and oxygen atoms in total. The number of hydrogen-bond acceptors (Lipinski definition) is 2. The van der Waals surface area contributed by atoms with Gasteiger partial charge in [-0.3, -0.25) is 0 Å². The SMILES string of the molecule is CCC(NC(C)Cc1cccs1)C1CC1. The van der Waals surface area contributed by atoms with Gasteiger partial charge in [-0.15, -0.1) is 11.3 Å². The summed E-state index contributed by atoms with van der Waals surface area (Å²) in [5.41, 5.74) is 0. The molecule has 1 saturated carbocycles. The molecule has 2 unspecified atom stereocenters. The molecule has 1 fully saturated rings. The summed E-state index contributed by atoms with van der Waals surface area (Å²) in [7, 11) is 0. The average Bonchev–Trinajstić information content (AvgIpc) is 2.95. The van der Waals surface area contributed by atoms with Gasteiger partial charge in [0.25, 0.3) is 0 Å². The quantitative estimate of drug-likeness (QED) is 0.779. The van der Waals surface area contributed by atoms with Crippen molar-refractivity contribution in [1.29, 1.82) is 0 Å². The van der Waals surface area contributed by atoms with Crippen molar-refractivity contribution in [3.8, 4) is 0 Å². The maximum Gasteiger partial charge on any atom is 0.00953 e. The van der Waals surface area contributed by atoms with E-state index in [0.717, 1.165) is 12.0 Å². The van der Waals surface area contributed by atoms with Gasteiger partial charge < -0.3 is 5.32 Å². The largest absolute Gasteiger partial charge is 0.311 e. The molecule has 1 aliphatic carbocycles. The van der Waals surface area contributed by atoms with Crippen molar-refractivity contribution in [1.82, 2.24) is 5.32 Å². The van der Waals surface area contributed by atoms with E-state index in [2.05, 4.69) is 36.7 Å². The molecule has 15 heavy (non-hydrogen) atoms. The molecule has 0 spiro atoms. The number of hydrogen-bond donors (Lipinski definition) is 1. The number of rotatable bonds is 6.